The molecule has 0 unspecified atom stereocenters. The van der Waals surface area contributed by atoms with Crippen molar-refractivity contribution in [3.8, 4) is 5.75 Å². The van der Waals surface area contributed by atoms with E-state index in [2.05, 4.69) is 5.32 Å². The third-order valence-electron chi connectivity index (χ3n) is 3.12. The molecule has 0 aliphatic carbocycles. The van der Waals surface area contributed by atoms with Crippen LogP contribution in [0.15, 0.2) is 24.3 Å². The van der Waals surface area contributed by atoms with Crippen LogP contribution in [0.2, 0.25) is 0 Å². The first-order valence-electron chi connectivity index (χ1n) is 7.53. The van der Waals surface area contributed by atoms with E-state index >= 15 is 0 Å². The van der Waals surface area contributed by atoms with Crippen molar-refractivity contribution in [3.63, 3.8) is 0 Å². The molecule has 0 saturated carbocycles. The van der Waals surface area contributed by atoms with Crippen LogP contribution in [-0.2, 0) is 11.3 Å². The third-order valence-corrected chi connectivity index (χ3v) is 3.12. The number of likely N-dealkylation sites (N-methyl/N-ethyl adjacent to an activating group) is 1. The van der Waals surface area contributed by atoms with Gasteiger partial charge in [-0.2, -0.15) is 0 Å². The fourth-order valence-electron chi connectivity index (χ4n) is 1.97. The monoisotopic (exact) mass is 293 g/mol. The Kier molecular flexibility index (Phi) is 8.47. The van der Waals surface area contributed by atoms with Gasteiger partial charge in [-0.15, -0.1) is 0 Å². The molecule has 0 radical (unpaired) electrons. The van der Waals surface area contributed by atoms with E-state index in [-0.39, 0.29) is 5.91 Å². The van der Waals surface area contributed by atoms with Gasteiger partial charge in [-0.1, -0.05) is 25.1 Å². The molecule has 0 saturated heterocycles. The number of hydrogen-bond donors (Lipinski definition) is 2. The normalized spacial score (nSPS) is 10.7. The highest BCUT2D eigenvalue weighted by atomic mass is 16.5. The van der Waals surface area contributed by atoms with Crippen LogP contribution in [0, 0.1) is 0 Å². The maximum absolute atomic E-state index is 11.6. The van der Waals surface area contributed by atoms with Gasteiger partial charge in [0.05, 0.1) is 13.2 Å². The first kappa shape index (κ1) is 17.5. The molecule has 0 aliphatic rings. The van der Waals surface area contributed by atoms with E-state index in [9.17, 15) is 4.79 Å². The number of rotatable bonds is 10. The number of para-hydroxylation sites is 1. The van der Waals surface area contributed by atoms with Gasteiger partial charge in [-0.05, 0) is 26.0 Å². The summed E-state index contributed by atoms with van der Waals surface area (Å²) in [5.74, 6) is 0.928. The van der Waals surface area contributed by atoms with Crippen molar-refractivity contribution in [3.05, 3.63) is 29.8 Å². The fraction of sp³-hybridized carbons (Fsp3) is 0.562. The summed E-state index contributed by atoms with van der Waals surface area (Å²) >= 11 is 0. The maximum Gasteiger partial charge on any atom is 0.234 e. The molecule has 5 heteroatoms. The SMILES string of the molecule is CCCNC(=O)CN(C)CCCOc1ccccc1CN. The fourth-order valence-corrected chi connectivity index (χ4v) is 1.97. The van der Waals surface area contributed by atoms with E-state index in [1.54, 1.807) is 0 Å². The van der Waals surface area contributed by atoms with Gasteiger partial charge in [-0.3, -0.25) is 9.69 Å². The van der Waals surface area contributed by atoms with Gasteiger partial charge in [0.1, 0.15) is 5.75 Å². The van der Waals surface area contributed by atoms with Crippen molar-refractivity contribution in [2.75, 3.05) is 33.3 Å². The third kappa shape index (κ3) is 7.11. The summed E-state index contributed by atoms with van der Waals surface area (Å²) in [6.07, 6.45) is 1.83. The molecule has 1 aromatic carbocycles. The zero-order chi connectivity index (χ0) is 15.5. The van der Waals surface area contributed by atoms with Crippen molar-refractivity contribution in [1.29, 1.82) is 0 Å². The lowest BCUT2D eigenvalue weighted by atomic mass is 10.2. The summed E-state index contributed by atoms with van der Waals surface area (Å²) < 4.78 is 5.74. The lowest BCUT2D eigenvalue weighted by molar-refractivity contribution is -0.121. The van der Waals surface area contributed by atoms with Gasteiger partial charge in [0.15, 0.2) is 0 Å². The molecule has 1 amide bonds. The van der Waals surface area contributed by atoms with Crippen LogP contribution in [0.1, 0.15) is 25.3 Å². The summed E-state index contributed by atoms with van der Waals surface area (Å²) in [6.45, 7) is 5.14. The van der Waals surface area contributed by atoms with Crippen molar-refractivity contribution in [2.45, 2.75) is 26.3 Å². The van der Waals surface area contributed by atoms with E-state index < -0.39 is 0 Å². The topological polar surface area (TPSA) is 67.6 Å². The van der Waals surface area contributed by atoms with Gasteiger partial charge in [0, 0.05) is 25.2 Å². The number of nitrogens with two attached hydrogens (primary N) is 1. The number of amides is 1. The summed E-state index contributed by atoms with van der Waals surface area (Å²) in [5.41, 5.74) is 6.68. The van der Waals surface area contributed by atoms with Crippen molar-refractivity contribution < 1.29 is 9.53 Å². The lowest BCUT2D eigenvalue weighted by Crippen LogP contribution is -2.36. The molecule has 1 rings (SSSR count). The molecule has 1 aromatic rings. The quantitative estimate of drug-likeness (QED) is 0.639. The molecule has 0 aromatic heterocycles. The number of nitrogens with zero attached hydrogens (tertiary/aromatic N) is 1. The average molecular weight is 293 g/mol. The minimum absolute atomic E-state index is 0.0775. The van der Waals surface area contributed by atoms with Crippen molar-refractivity contribution in [2.24, 2.45) is 5.73 Å². The van der Waals surface area contributed by atoms with Gasteiger partial charge in [-0.25, -0.2) is 0 Å². The number of nitrogens with one attached hydrogen (secondary N) is 1. The smallest absolute Gasteiger partial charge is 0.234 e. The zero-order valence-electron chi connectivity index (χ0n) is 13.1. The lowest BCUT2D eigenvalue weighted by Gasteiger charge is -2.16. The Morgan fingerprint density at radius 2 is 2.14 bits per heavy atom. The molecule has 0 atom stereocenters. The Morgan fingerprint density at radius 3 is 2.86 bits per heavy atom. The second kappa shape index (κ2) is 10.2. The molecule has 3 N–H and O–H groups in total. The summed E-state index contributed by atoms with van der Waals surface area (Å²) in [5, 5.41) is 2.87. The summed E-state index contributed by atoms with van der Waals surface area (Å²) in [4.78, 5) is 13.6. The highest BCUT2D eigenvalue weighted by molar-refractivity contribution is 5.77. The van der Waals surface area contributed by atoms with Crippen LogP contribution in [0.4, 0.5) is 0 Å². The van der Waals surface area contributed by atoms with Crippen molar-refractivity contribution >= 4 is 5.91 Å². The maximum atomic E-state index is 11.6. The Balaban J connectivity index is 2.20. The average Bonchev–Trinajstić information content (AvgIpc) is 2.49. The Labute approximate surface area is 127 Å². The van der Waals surface area contributed by atoms with E-state index in [1.807, 2.05) is 43.1 Å². The summed E-state index contributed by atoms with van der Waals surface area (Å²) in [7, 11) is 1.94. The van der Waals surface area contributed by atoms with Crippen LogP contribution >= 0.6 is 0 Å². The van der Waals surface area contributed by atoms with Crippen LogP contribution in [0.3, 0.4) is 0 Å². The van der Waals surface area contributed by atoms with Gasteiger partial charge >= 0.3 is 0 Å². The minimum atomic E-state index is 0.0775. The van der Waals surface area contributed by atoms with E-state index in [1.165, 1.54) is 0 Å². The van der Waals surface area contributed by atoms with Crippen LogP contribution in [-0.4, -0.2) is 44.1 Å². The number of hydrogen-bond acceptors (Lipinski definition) is 4. The molecule has 0 spiro atoms. The first-order chi connectivity index (χ1) is 10.2. The second-order valence-electron chi connectivity index (χ2n) is 5.10. The molecule has 21 heavy (non-hydrogen) atoms. The second-order valence-corrected chi connectivity index (χ2v) is 5.10. The molecule has 118 valence electrons. The summed E-state index contributed by atoms with van der Waals surface area (Å²) in [6, 6.07) is 7.81. The predicted molar refractivity (Wildman–Crippen MR) is 85.2 cm³/mol. The van der Waals surface area contributed by atoms with E-state index in [0.29, 0.717) is 19.7 Å². The number of carbonyl (C=O) groups excluding carboxylic acids is 1. The molecule has 0 bridgehead atoms. The molecule has 0 aliphatic heterocycles. The zero-order valence-corrected chi connectivity index (χ0v) is 13.1. The highest BCUT2D eigenvalue weighted by Crippen LogP contribution is 2.17. The molecule has 0 heterocycles. The van der Waals surface area contributed by atoms with Gasteiger partial charge < -0.3 is 15.8 Å². The number of ether oxygens (including phenoxy) is 1. The Bertz CT molecular complexity index is 424. The molecular weight excluding hydrogens is 266 g/mol. The molecular formula is C16H27N3O2. The van der Waals surface area contributed by atoms with E-state index in [0.717, 1.165) is 37.2 Å². The van der Waals surface area contributed by atoms with Crippen molar-refractivity contribution in [1.82, 2.24) is 10.2 Å². The highest BCUT2D eigenvalue weighted by Gasteiger charge is 2.06. The molecule has 0 fully saturated rings. The number of carbonyl (C=O) groups is 1. The minimum Gasteiger partial charge on any atom is -0.493 e. The predicted octanol–water partition coefficient (Wildman–Crippen LogP) is 1.37. The standard InChI is InChI=1S/C16H27N3O2/c1-3-9-18-16(20)13-19(2)10-6-11-21-15-8-5-4-7-14(15)12-17/h4-5,7-8H,3,6,9-13,17H2,1-2H3,(H,18,20). The largest absolute Gasteiger partial charge is 0.493 e. The van der Waals surface area contributed by atoms with Crippen LogP contribution in [0.5, 0.6) is 5.75 Å². The Morgan fingerprint density at radius 1 is 1.38 bits per heavy atom. The van der Waals surface area contributed by atoms with Crippen LogP contribution < -0.4 is 15.8 Å². The van der Waals surface area contributed by atoms with Crippen LogP contribution in [0.25, 0.3) is 0 Å². The molecule has 5 nitrogen and oxygen atoms in total. The Hall–Kier alpha value is -1.59. The first-order valence-corrected chi connectivity index (χ1v) is 7.53. The van der Waals surface area contributed by atoms with Gasteiger partial charge in [0.25, 0.3) is 0 Å². The van der Waals surface area contributed by atoms with Gasteiger partial charge in [0.2, 0.25) is 5.91 Å². The van der Waals surface area contributed by atoms with E-state index in [4.69, 9.17) is 10.5 Å². The number of benzene rings is 1.